The van der Waals surface area contributed by atoms with Crippen LogP contribution in [0.5, 0.6) is 17.2 Å². The van der Waals surface area contributed by atoms with E-state index in [4.69, 9.17) is 26.4 Å². The number of H-pyrrole nitrogens is 1. The highest BCUT2D eigenvalue weighted by Gasteiger charge is 2.20. The van der Waals surface area contributed by atoms with E-state index in [9.17, 15) is 14.7 Å². The first-order chi connectivity index (χ1) is 24.9. The molecule has 51 heavy (non-hydrogen) atoms. The van der Waals surface area contributed by atoms with Gasteiger partial charge in [-0.05, 0) is 108 Å². The zero-order valence-electron chi connectivity index (χ0n) is 26.8. The average Bonchev–Trinajstić information content (AvgIpc) is 3.53. The number of rotatable bonds is 8. The molecule has 0 radical (unpaired) electrons. The first-order valence-corrected chi connectivity index (χ1v) is 16.5. The van der Waals surface area contributed by atoms with Crippen LogP contribution in [-0.4, -0.2) is 26.5 Å². The third-order valence-electron chi connectivity index (χ3n) is 8.45. The normalized spacial score (nSPS) is 11.1. The molecule has 0 bridgehead atoms. The molecule has 0 saturated heterocycles. The average molecular weight is 689 g/mol. The van der Waals surface area contributed by atoms with Gasteiger partial charge in [0.25, 0.3) is 0 Å². The second-order valence-corrected chi connectivity index (χ2v) is 12.4. The number of carbonyl (C=O) groups is 1. The van der Waals surface area contributed by atoms with Crippen molar-refractivity contribution in [2.75, 3.05) is 10.6 Å². The number of nitrogens with one attached hydrogen (secondary N) is 3. The summed E-state index contributed by atoms with van der Waals surface area (Å²) in [6.45, 7) is 0. The van der Waals surface area contributed by atoms with Gasteiger partial charge in [0.2, 0.25) is 0 Å². The quantitative estimate of drug-likeness (QED) is 0.0702. The molecule has 0 fully saturated rings. The van der Waals surface area contributed by atoms with Crippen molar-refractivity contribution in [1.29, 1.82) is 0 Å². The number of ether oxygens (including phenoxy) is 1. The highest BCUT2D eigenvalue weighted by atomic mass is 32.1. The van der Waals surface area contributed by atoms with Crippen LogP contribution in [0.3, 0.4) is 0 Å². The molecule has 0 saturated carbocycles. The van der Waals surface area contributed by atoms with Crippen molar-refractivity contribution in [1.82, 2.24) is 9.97 Å². The number of aldehydes is 1. The van der Waals surface area contributed by atoms with E-state index in [1.54, 1.807) is 30.3 Å². The van der Waals surface area contributed by atoms with Gasteiger partial charge in [0.15, 0.2) is 16.8 Å². The molecule has 9 nitrogen and oxygen atoms in total. The van der Waals surface area contributed by atoms with Crippen LogP contribution in [0.15, 0.2) is 137 Å². The number of anilines is 2. The van der Waals surface area contributed by atoms with E-state index in [-0.39, 0.29) is 11.2 Å². The van der Waals surface area contributed by atoms with Crippen LogP contribution in [0.2, 0.25) is 0 Å². The van der Waals surface area contributed by atoms with Crippen LogP contribution >= 0.6 is 12.2 Å². The number of hydrogen-bond acceptors (Lipinski definition) is 7. The van der Waals surface area contributed by atoms with Crippen LogP contribution in [0.1, 0.15) is 21.7 Å². The lowest BCUT2D eigenvalue weighted by Crippen LogP contribution is -2.19. The maximum atomic E-state index is 12.3. The van der Waals surface area contributed by atoms with Gasteiger partial charge in [-0.25, -0.2) is 4.98 Å². The zero-order chi connectivity index (χ0) is 34.9. The predicted molar refractivity (Wildman–Crippen MR) is 203 cm³/mol. The van der Waals surface area contributed by atoms with Gasteiger partial charge >= 0.3 is 0 Å². The summed E-state index contributed by atoms with van der Waals surface area (Å²) < 4.78 is 11.9. The first-order valence-electron chi connectivity index (χ1n) is 16.1. The molecule has 0 atom stereocenters. The van der Waals surface area contributed by atoms with E-state index in [0.29, 0.717) is 56.2 Å². The second-order valence-electron chi connectivity index (χ2n) is 12.0. The Morgan fingerprint density at radius 2 is 1.59 bits per heavy atom. The van der Waals surface area contributed by atoms with Crippen molar-refractivity contribution in [2.45, 2.75) is 6.42 Å². The maximum Gasteiger partial charge on any atom is 0.182 e. The predicted octanol–water partition coefficient (Wildman–Crippen LogP) is 9.15. The Hall–Kier alpha value is -6.78. The van der Waals surface area contributed by atoms with Crippen LogP contribution in [-0.2, 0) is 6.42 Å². The highest BCUT2D eigenvalue weighted by molar-refractivity contribution is 7.80. The second kappa shape index (κ2) is 13.3. The molecule has 1 aliphatic carbocycles. The third-order valence-corrected chi connectivity index (χ3v) is 8.65. The van der Waals surface area contributed by atoms with E-state index in [0.717, 1.165) is 45.9 Å². The molecule has 1 aromatic heterocycles. The number of fused-ring (bicyclic) bond motifs is 3. The molecule has 8 rings (SSSR count). The lowest BCUT2D eigenvalue weighted by Gasteiger charge is -2.18. The van der Waals surface area contributed by atoms with Crippen molar-refractivity contribution in [3.63, 3.8) is 0 Å². The zero-order valence-corrected chi connectivity index (χ0v) is 27.7. The number of phenolic OH excluding ortho intramolecular Hbond substituents is 1. The monoisotopic (exact) mass is 688 g/mol. The Morgan fingerprint density at radius 3 is 2.39 bits per heavy atom. The van der Waals surface area contributed by atoms with Gasteiger partial charge in [-0.15, -0.1) is 0 Å². The molecule has 0 spiro atoms. The molecule has 4 N–H and O–H groups in total. The molecular weight excluding hydrogens is 661 g/mol. The Bertz CT molecular complexity index is 2620. The van der Waals surface area contributed by atoms with Crippen LogP contribution in [0, 0.1) is 0 Å². The lowest BCUT2D eigenvalue weighted by atomic mass is 9.90. The summed E-state index contributed by atoms with van der Waals surface area (Å²) in [4.78, 5) is 32.6. The van der Waals surface area contributed by atoms with Crippen molar-refractivity contribution in [3.8, 4) is 39.7 Å². The smallest absolute Gasteiger partial charge is 0.182 e. The maximum absolute atomic E-state index is 12.3. The number of nitrogens with zero attached hydrogens (tertiary/aromatic N) is 1. The number of aromatic amines is 1. The molecule has 10 heteroatoms. The fourth-order valence-corrected chi connectivity index (χ4v) is 6.35. The number of carbonyl (C=O) groups excluding carboxylic acids is 1. The number of aromatic hydroxyl groups is 1. The Balaban J connectivity index is 1.01. The van der Waals surface area contributed by atoms with Crippen molar-refractivity contribution in [3.05, 3.63) is 155 Å². The Kier molecular flexibility index (Phi) is 8.19. The van der Waals surface area contributed by atoms with E-state index in [2.05, 4.69) is 15.6 Å². The number of phenols is 1. The Morgan fingerprint density at radius 1 is 0.824 bits per heavy atom. The number of imidazole rings is 1. The lowest BCUT2D eigenvalue weighted by molar-refractivity contribution is 0.112. The van der Waals surface area contributed by atoms with Gasteiger partial charge in [-0.2, -0.15) is 0 Å². The standard InChI is InChI=1S/C41H28N4O5S/c46-23-25-8-9-26(19-34(25)40-32-15-11-28(47)21-37(32)50-38-22-29(48)12-16-33(38)40)42-41(51)43-27-10-17-35-36(20-27)45-39(44-35)18-24-6-13-31(14-7-24)49-30-4-2-1-3-5-30/h1-17,19-23,47H,18H2,(H,44,45)(H2,42,43,51). The summed E-state index contributed by atoms with van der Waals surface area (Å²) in [6, 6.07) is 38.0. The van der Waals surface area contributed by atoms with Crippen molar-refractivity contribution in [2.24, 2.45) is 0 Å². The molecule has 1 aliphatic heterocycles. The minimum Gasteiger partial charge on any atom is -0.508 e. The summed E-state index contributed by atoms with van der Waals surface area (Å²) in [5.41, 5.74) is 6.71. The topological polar surface area (TPSA) is 129 Å². The van der Waals surface area contributed by atoms with E-state index in [1.165, 1.54) is 18.2 Å². The van der Waals surface area contributed by atoms with Gasteiger partial charge in [0.1, 0.15) is 34.4 Å². The molecule has 6 aromatic rings. The van der Waals surface area contributed by atoms with Gasteiger partial charge < -0.3 is 29.9 Å². The molecule has 5 aromatic carbocycles. The van der Waals surface area contributed by atoms with E-state index >= 15 is 0 Å². The first kappa shape index (κ1) is 31.5. The fraction of sp³-hybridized carbons (Fsp3) is 0.0244. The van der Waals surface area contributed by atoms with Crippen molar-refractivity contribution >= 4 is 57.0 Å². The number of aromatic nitrogens is 2. The minimum absolute atomic E-state index is 0.0153. The minimum atomic E-state index is -0.219. The molecule has 0 amide bonds. The SMILES string of the molecule is O=Cc1ccc(NC(=S)Nc2ccc3[nH]c(Cc4ccc(Oc5ccccc5)cc4)nc3c2)cc1-c1c2ccc(=O)cc-2oc2cc(O)ccc12. The summed E-state index contributed by atoms with van der Waals surface area (Å²) in [5.74, 6) is 2.74. The number of hydrogen-bond donors (Lipinski definition) is 4. The van der Waals surface area contributed by atoms with Crippen LogP contribution in [0.25, 0.3) is 44.5 Å². The number of para-hydroxylation sites is 1. The number of thiocarbonyl (C=S) groups is 1. The molecular formula is C41H28N4O5S. The molecule has 2 aliphatic rings. The fourth-order valence-electron chi connectivity index (χ4n) is 6.11. The van der Waals surface area contributed by atoms with Crippen LogP contribution < -0.4 is 20.8 Å². The van der Waals surface area contributed by atoms with Gasteiger partial charge in [-0.3, -0.25) is 9.59 Å². The highest BCUT2D eigenvalue weighted by Crippen LogP contribution is 2.42. The van der Waals surface area contributed by atoms with Gasteiger partial charge in [-0.1, -0.05) is 30.3 Å². The summed E-state index contributed by atoms with van der Waals surface area (Å²) in [6.07, 6.45) is 1.41. The summed E-state index contributed by atoms with van der Waals surface area (Å²) in [5, 5.41) is 17.6. The van der Waals surface area contributed by atoms with E-state index in [1.807, 2.05) is 78.9 Å². The summed E-state index contributed by atoms with van der Waals surface area (Å²) >= 11 is 5.68. The van der Waals surface area contributed by atoms with Gasteiger partial charge in [0, 0.05) is 52.0 Å². The Labute approximate surface area is 296 Å². The van der Waals surface area contributed by atoms with Crippen LogP contribution in [0.4, 0.5) is 11.4 Å². The van der Waals surface area contributed by atoms with Crippen molar-refractivity contribution < 1.29 is 19.1 Å². The molecule has 2 heterocycles. The summed E-state index contributed by atoms with van der Waals surface area (Å²) in [7, 11) is 0. The number of benzene rings is 6. The largest absolute Gasteiger partial charge is 0.508 e. The third kappa shape index (κ3) is 6.63. The van der Waals surface area contributed by atoms with Gasteiger partial charge in [0.05, 0.1) is 11.0 Å². The molecule has 0 unspecified atom stereocenters. The van der Waals surface area contributed by atoms with E-state index < -0.39 is 0 Å². The molecule has 248 valence electrons.